The average molecular weight is 722 g/mol. The van der Waals surface area contributed by atoms with Gasteiger partial charge in [0, 0.05) is 55.7 Å². The summed E-state index contributed by atoms with van der Waals surface area (Å²) in [5.41, 5.74) is 0.884. The molecule has 0 spiro atoms. The Bertz CT molecular complexity index is 1840. The van der Waals surface area contributed by atoms with Crippen molar-refractivity contribution in [3.63, 3.8) is 0 Å². The highest BCUT2D eigenvalue weighted by Gasteiger charge is 2.29. The molecule has 0 saturated carbocycles. The van der Waals surface area contributed by atoms with Crippen LogP contribution in [0.2, 0.25) is 5.02 Å². The molecular formula is C32H40ClN5O8S2. The van der Waals surface area contributed by atoms with Crippen LogP contribution in [0.1, 0.15) is 31.1 Å². The first-order valence-corrected chi connectivity index (χ1v) is 18.7. The van der Waals surface area contributed by atoms with Gasteiger partial charge in [0.2, 0.25) is 20.0 Å². The number of amides is 2. The zero-order valence-electron chi connectivity index (χ0n) is 27.4. The molecule has 0 radical (unpaired) electrons. The maximum atomic E-state index is 13.5. The number of sulfonamides is 2. The van der Waals surface area contributed by atoms with Crippen LogP contribution < -0.4 is 24.6 Å². The molecule has 260 valence electrons. The largest absolute Gasteiger partial charge is 0.492 e. The lowest BCUT2D eigenvalue weighted by Crippen LogP contribution is -2.48. The van der Waals surface area contributed by atoms with E-state index < -0.39 is 37.6 Å². The lowest BCUT2D eigenvalue weighted by Gasteiger charge is -2.35. The van der Waals surface area contributed by atoms with Crippen LogP contribution in [0.4, 0.5) is 21.9 Å². The molecule has 16 heteroatoms. The summed E-state index contributed by atoms with van der Waals surface area (Å²) in [6.07, 6.45) is 0.508. The minimum Gasteiger partial charge on any atom is -0.492 e. The van der Waals surface area contributed by atoms with Crippen LogP contribution in [0.3, 0.4) is 0 Å². The summed E-state index contributed by atoms with van der Waals surface area (Å²) in [6.45, 7) is 7.05. The molecule has 0 aliphatic carbocycles. The number of carbonyl (C=O) groups excluding carboxylic acids is 2. The molecule has 1 saturated heterocycles. The third-order valence-corrected chi connectivity index (χ3v) is 10.6. The third kappa shape index (κ3) is 9.75. The van der Waals surface area contributed by atoms with Crippen molar-refractivity contribution in [1.82, 2.24) is 9.62 Å². The van der Waals surface area contributed by atoms with Crippen molar-refractivity contribution in [3.05, 3.63) is 77.3 Å². The van der Waals surface area contributed by atoms with E-state index in [1.165, 1.54) is 47.8 Å². The summed E-state index contributed by atoms with van der Waals surface area (Å²) in [5, 5.41) is 5.79. The van der Waals surface area contributed by atoms with Crippen LogP contribution >= 0.6 is 11.6 Å². The van der Waals surface area contributed by atoms with Gasteiger partial charge in [-0.15, -0.1) is 0 Å². The normalized spacial score (nSPS) is 14.2. The molecule has 2 amide bonds. The third-order valence-electron chi connectivity index (χ3n) is 7.23. The molecule has 0 aromatic heterocycles. The van der Waals surface area contributed by atoms with E-state index >= 15 is 0 Å². The van der Waals surface area contributed by atoms with Gasteiger partial charge in [0.1, 0.15) is 18.0 Å². The number of rotatable bonds is 11. The van der Waals surface area contributed by atoms with Gasteiger partial charge in [0.05, 0.1) is 28.9 Å². The maximum Gasteiger partial charge on any atom is 0.407 e. The number of para-hydroxylation sites is 1. The summed E-state index contributed by atoms with van der Waals surface area (Å²) in [4.78, 5) is 26.9. The number of carbonyl (C=O) groups is 2. The topological polar surface area (TPSA) is 155 Å². The van der Waals surface area contributed by atoms with Gasteiger partial charge in [0.15, 0.2) is 0 Å². The number of halogens is 1. The lowest BCUT2D eigenvalue weighted by molar-refractivity contribution is 0.0520. The van der Waals surface area contributed by atoms with Crippen LogP contribution in [0.25, 0.3) is 0 Å². The molecule has 1 heterocycles. The van der Waals surface area contributed by atoms with E-state index in [0.29, 0.717) is 29.5 Å². The standard InChI is InChI=1S/C32H40ClN5O8S2/c1-32(2,3)46-31(40)34-14-19-45-26-21-23(33)20-25(22-26)37-15-17-38(18-16-37)48(43,44)27-12-10-24(11-13-27)35-30(39)28-8-6-7-9-29(28)36(4)47(5,41)42/h6-13,20-22H,14-19H2,1-5H3,(H,34,40)(H,35,39). The number of hydrogen-bond donors (Lipinski definition) is 2. The summed E-state index contributed by atoms with van der Waals surface area (Å²) in [6, 6.07) is 17.4. The van der Waals surface area contributed by atoms with E-state index in [0.717, 1.165) is 16.2 Å². The Kier molecular flexibility index (Phi) is 11.5. The maximum absolute atomic E-state index is 13.5. The van der Waals surface area contributed by atoms with Crippen molar-refractivity contribution in [2.45, 2.75) is 31.3 Å². The van der Waals surface area contributed by atoms with Gasteiger partial charge in [-0.1, -0.05) is 23.7 Å². The first kappa shape index (κ1) is 36.8. The van der Waals surface area contributed by atoms with Gasteiger partial charge < -0.3 is 25.0 Å². The Hall–Kier alpha value is -4.05. The Morgan fingerprint density at radius 2 is 1.58 bits per heavy atom. The number of alkyl carbamates (subject to hydrolysis) is 1. The van der Waals surface area contributed by atoms with Crippen molar-refractivity contribution in [2.75, 3.05) is 67.2 Å². The minimum absolute atomic E-state index is 0.0737. The second kappa shape index (κ2) is 15.0. The lowest BCUT2D eigenvalue weighted by atomic mass is 10.1. The summed E-state index contributed by atoms with van der Waals surface area (Å²) < 4.78 is 64.4. The zero-order valence-corrected chi connectivity index (χ0v) is 29.8. The van der Waals surface area contributed by atoms with E-state index in [-0.39, 0.29) is 42.4 Å². The van der Waals surface area contributed by atoms with E-state index in [1.807, 2.05) is 11.0 Å². The van der Waals surface area contributed by atoms with Crippen molar-refractivity contribution in [1.29, 1.82) is 0 Å². The molecule has 3 aromatic carbocycles. The molecule has 2 N–H and O–H groups in total. The molecule has 4 rings (SSSR count). The van der Waals surface area contributed by atoms with E-state index in [4.69, 9.17) is 21.1 Å². The molecule has 3 aromatic rings. The summed E-state index contributed by atoms with van der Waals surface area (Å²) in [7, 11) is -6.06. The molecule has 13 nitrogen and oxygen atoms in total. The van der Waals surface area contributed by atoms with Crippen LogP contribution in [-0.2, 0) is 24.8 Å². The monoisotopic (exact) mass is 721 g/mol. The molecular weight excluding hydrogens is 682 g/mol. The van der Waals surface area contributed by atoms with Crippen molar-refractivity contribution < 1.29 is 35.9 Å². The molecule has 48 heavy (non-hydrogen) atoms. The molecule has 0 atom stereocenters. The predicted molar refractivity (Wildman–Crippen MR) is 186 cm³/mol. The second-order valence-corrected chi connectivity index (χ2v) is 16.4. The van der Waals surface area contributed by atoms with Gasteiger partial charge >= 0.3 is 6.09 Å². The van der Waals surface area contributed by atoms with E-state index in [2.05, 4.69) is 10.6 Å². The molecule has 1 aliphatic rings. The van der Waals surface area contributed by atoms with Gasteiger partial charge in [-0.2, -0.15) is 4.31 Å². The Morgan fingerprint density at radius 3 is 2.21 bits per heavy atom. The van der Waals surface area contributed by atoms with Crippen molar-refractivity contribution in [2.24, 2.45) is 0 Å². The number of benzene rings is 3. The molecule has 1 aliphatic heterocycles. The number of hydrogen-bond acceptors (Lipinski definition) is 9. The van der Waals surface area contributed by atoms with Crippen LogP contribution in [0, 0.1) is 0 Å². The highest BCUT2D eigenvalue weighted by Crippen LogP contribution is 2.29. The van der Waals surface area contributed by atoms with Gasteiger partial charge in [-0.25, -0.2) is 21.6 Å². The molecule has 0 bridgehead atoms. The zero-order chi connectivity index (χ0) is 35.3. The first-order valence-electron chi connectivity index (χ1n) is 15.0. The summed E-state index contributed by atoms with van der Waals surface area (Å²) >= 11 is 6.35. The Morgan fingerprint density at radius 1 is 0.938 bits per heavy atom. The predicted octanol–water partition coefficient (Wildman–Crippen LogP) is 4.40. The van der Waals surface area contributed by atoms with E-state index in [9.17, 15) is 26.4 Å². The van der Waals surface area contributed by atoms with Gasteiger partial charge in [-0.05, 0) is 69.3 Å². The minimum atomic E-state index is -3.82. The van der Waals surface area contributed by atoms with Crippen molar-refractivity contribution >= 4 is 60.7 Å². The number of nitrogens with one attached hydrogen (secondary N) is 2. The molecule has 1 fully saturated rings. The fourth-order valence-corrected chi connectivity index (χ4v) is 6.97. The SMILES string of the molecule is CN(c1ccccc1C(=O)Nc1ccc(S(=O)(=O)N2CCN(c3cc(Cl)cc(OCCNC(=O)OC(C)(C)C)c3)CC2)cc1)S(C)(=O)=O. The van der Waals surface area contributed by atoms with E-state index in [1.54, 1.807) is 45.0 Å². The summed E-state index contributed by atoms with van der Waals surface area (Å²) in [5.74, 6) is -0.0310. The van der Waals surface area contributed by atoms with Crippen LogP contribution in [0.15, 0.2) is 71.6 Å². The fraction of sp³-hybridized carbons (Fsp3) is 0.375. The highest BCUT2D eigenvalue weighted by molar-refractivity contribution is 7.92. The fourth-order valence-electron chi connectivity index (χ4n) is 4.81. The number of ether oxygens (including phenoxy) is 2. The molecule has 0 unspecified atom stereocenters. The second-order valence-electron chi connectivity index (χ2n) is 12.0. The smallest absolute Gasteiger partial charge is 0.407 e. The number of anilines is 3. The average Bonchev–Trinajstić information content (AvgIpc) is 3.01. The van der Waals surface area contributed by atoms with Crippen molar-refractivity contribution in [3.8, 4) is 5.75 Å². The van der Waals surface area contributed by atoms with Crippen LogP contribution in [0.5, 0.6) is 5.75 Å². The van der Waals surface area contributed by atoms with Gasteiger partial charge in [0.25, 0.3) is 5.91 Å². The Labute approximate surface area is 286 Å². The number of piperazine rings is 1. The van der Waals surface area contributed by atoms with Crippen LogP contribution in [-0.4, -0.2) is 91.4 Å². The van der Waals surface area contributed by atoms with Gasteiger partial charge in [-0.3, -0.25) is 9.10 Å². The first-order chi connectivity index (χ1) is 22.4. The number of nitrogens with zero attached hydrogens (tertiary/aromatic N) is 3. The highest BCUT2D eigenvalue weighted by atomic mass is 35.5. The Balaban J connectivity index is 1.34. The quantitative estimate of drug-likeness (QED) is 0.274.